The molecular weight excluding hydrogens is 336 g/mol. The van der Waals surface area contributed by atoms with Gasteiger partial charge in [-0.15, -0.1) is 16.4 Å². The Hall–Kier alpha value is -2.61. The van der Waals surface area contributed by atoms with Crippen LogP contribution < -0.4 is 10.6 Å². The zero-order chi connectivity index (χ0) is 17.7. The van der Waals surface area contributed by atoms with Crippen molar-refractivity contribution in [2.24, 2.45) is 4.99 Å². The maximum atomic E-state index is 5.29. The topological polar surface area (TPSA) is 91.1 Å². The first-order chi connectivity index (χ1) is 12.1. The van der Waals surface area contributed by atoms with Crippen LogP contribution in [0.4, 0.5) is 0 Å². The van der Waals surface area contributed by atoms with Gasteiger partial charge in [-0.3, -0.25) is 10.1 Å². The fraction of sp³-hybridized carbons (Fsp3) is 0.353. The summed E-state index contributed by atoms with van der Waals surface area (Å²) in [4.78, 5) is 10.0. The van der Waals surface area contributed by atoms with Crippen LogP contribution in [-0.2, 0) is 12.0 Å². The average molecular weight is 358 g/mol. The number of thiophene rings is 1. The molecule has 0 fully saturated rings. The molecule has 3 heterocycles. The van der Waals surface area contributed by atoms with Crippen molar-refractivity contribution < 1.29 is 4.42 Å². The summed E-state index contributed by atoms with van der Waals surface area (Å²) in [7, 11) is 1.75. The van der Waals surface area contributed by atoms with Gasteiger partial charge < -0.3 is 15.1 Å². The highest BCUT2D eigenvalue weighted by molar-refractivity contribution is 7.10. The maximum Gasteiger partial charge on any atom is 0.216 e. The molecule has 3 aromatic rings. The number of hydrogen-bond donors (Lipinski definition) is 3. The lowest BCUT2D eigenvalue weighted by Gasteiger charge is -2.24. The molecule has 0 spiro atoms. The van der Waals surface area contributed by atoms with Crippen LogP contribution in [0.2, 0.25) is 0 Å². The number of guanidine groups is 1. The standard InChI is InChI=1S/C17H22N6OS/c1-17(2,13-7-5-9-25-13)11-20-16(18-3)19-10-14-21-15(23-22-14)12-6-4-8-24-12/h4-9H,10-11H2,1-3H3,(H2,18,19,20)(H,21,22,23). The van der Waals surface area contributed by atoms with Gasteiger partial charge in [-0.1, -0.05) is 19.9 Å². The smallest absolute Gasteiger partial charge is 0.216 e. The van der Waals surface area contributed by atoms with Crippen LogP contribution in [0.15, 0.2) is 45.3 Å². The van der Waals surface area contributed by atoms with Crippen molar-refractivity contribution in [1.29, 1.82) is 0 Å². The van der Waals surface area contributed by atoms with Gasteiger partial charge in [-0.2, -0.15) is 0 Å². The third-order valence-corrected chi connectivity index (χ3v) is 5.04. The number of aromatic nitrogens is 3. The molecule has 0 saturated carbocycles. The Bertz CT molecular complexity index is 804. The van der Waals surface area contributed by atoms with Crippen LogP contribution in [0.25, 0.3) is 11.6 Å². The Morgan fingerprint density at radius 2 is 2.20 bits per heavy atom. The lowest BCUT2D eigenvalue weighted by atomic mass is 9.91. The molecule has 25 heavy (non-hydrogen) atoms. The monoisotopic (exact) mass is 358 g/mol. The molecule has 0 saturated heterocycles. The van der Waals surface area contributed by atoms with E-state index in [9.17, 15) is 0 Å². The Labute approximate surface area is 150 Å². The second kappa shape index (κ2) is 7.52. The molecule has 0 aliphatic rings. The first-order valence-corrected chi connectivity index (χ1v) is 8.90. The minimum Gasteiger partial charge on any atom is -0.461 e. The fourth-order valence-corrected chi connectivity index (χ4v) is 3.19. The third-order valence-electron chi connectivity index (χ3n) is 3.81. The van der Waals surface area contributed by atoms with E-state index in [-0.39, 0.29) is 5.41 Å². The number of rotatable bonds is 6. The molecule has 0 radical (unpaired) electrons. The number of hydrogen-bond acceptors (Lipinski definition) is 5. The zero-order valence-corrected chi connectivity index (χ0v) is 15.4. The predicted molar refractivity (Wildman–Crippen MR) is 99.6 cm³/mol. The zero-order valence-electron chi connectivity index (χ0n) is 14.5. The highest BCUT2D eigenvalue weighted by atomic mass is 32.1. The Balaban J connectivity index is 1.53. The van der Waals surface area contributed by atoms with E-state index in [2.05, 4.69) is 62.2 Å². The molecule has 3 rings (SSSR count). The van der Waals surface area contributed by atoms with E-state index < -0.39 is 0 Å². The number of nitrogens with one attached hydrogen (secondary N) is 3. The predicted octanol–water partition coefficient (Wildman–Crippen LogP) is 2.77. The van der Waals surface area contributed by atoms with E-state index in [4.69, 9.17) is 4.42 Å². The molecule has 0 bridgehead atoms. The molecular formula is C17H22N6OS. The van der Waals surface area contributed by atoms with Gasteiger partial charge in [0.25, 0.3) is 0 Å². The van der Waals surface area contributed by atoms with Crippen molar-refractivity contribution in [2.45, 2.75) is 25.8 Å². The highest BCUT2D eigenvalue weighted by Crippen LogP contribution is 2.26. The molecule has 8 heteroatoms. The first-order valence-electron chi connectivity index (χ1n) is 8.02. The summed E-state index contributed by atoms with van der Waals surface area (Å²) in [6.07, 6.45) is 1.60. The summed E-state index contributed by atoms with van der Waals surface area (Å²) in [6.45, 7) is 5.70. The van der Waals surface area contributed by atoms with Gasteiger partial charge in [0.1, 0.15) is 5.82 Å². The summed E-state index contributed by atoms with van der Waals surface area (Å²) in [5.41, 5.74) is 0.0322. The van der Waals surface area contributed by atoms with Crippen LogP contribution in [0, 0.1) is 0 Å². The number of furan rings is 1. The van der Waals surface area contributed by atoms with Gasteiger partial charge in [0.05, 0.1) is 12.8 Å². The van der Waals surface area contributed by atoms with Crippen molar-refractivity contribution in [2.75, 3.05) is 13.6 Å². The summed E-state index contributed by atoms with van der Waals surface area (Å²) in [6, 6.07) is 7.88. The summed E-state index contributed by atoms with van der Waals surface area (Å²) in [5, 5.41) is 15.8. The number of aromatic amines is 1. The SMILES string of the molecule is CN=C(NCc1nc(-c2ccco2)n[nH]1)NCC(C)(C)c1cccs1. The van der Waals surface area contributed by atoms with E-state index in [1.807, 2.05) is 12.1 Å². The lowest BCUT2D eigenvalue weighted by molar-refractivity contribution is 0.518. The van der Waals surface area contributed by atoms with Crippen molar-refractivity contribution in [3.8, 4) is 11.6 Å². The number of nitrogens with zero attached hydrogens (tertiary/aromatic N) is 3. The molecule has 0 aliphatic heterocycles. The van der Waals surface area contributed by atoms with E-state index in [1.54, 1.807) is 24.6 Å². The quantitative estimate of drug-likeness (QED) is 0.465. The number of H-pyrrole nitrogens is 1. The van der Waals surface area contributed by atoms with Crippen molar-refractivity contribution >= 4 is 17.3 Å². The normalized spacial score (nSPS) is 12.4. The van der Waals surface area contributed by atoms with E-state index in [1.165, 1.54) is 4.88 Å². The molecule has 0 aromatic carbocycles. The summed E-state index contributed by atoms with van der Waals surface area (Å²) >= 11 is 1.77. The highest BCUT2D eigenvalue weighted by Gasteiger charge is 2.22. The molecule has 0 atom stereocenters. The fourth-order valence-electron chi connectivity index (χ4n) is 2.33. The number of aliphatic imine (C=N–C) groups is 1. The van der Waals surface area contributed by atoms with Crippen LogP contribution in [-0.4, -0.2) is 34.7 Å². The maximum absolute atomic E-state index is 5.29. The van der Waals surface area contributed by atoms with Gasteiger partial charge in [-0.25, -0.2) is 4.98 Å². The Morgan fingerprint density at radius 1 is 1.32 bits per heavy atom. The lowest BCUT2D eigenvalue weighted by Crippen LogP contribution is -2.43. The molecule has 132 valence electrons. The molecule has 0 aliphatic carbocycles. The van der Waals surface area contributed by atoms with Crippen LogP contribution in [0.3, 0.4) is 0 Å². The molecule has 0 amide bonds. The minimum atomic E-state index is 0.0322. The van der Waals surface area contributed by atoms with E-state index in [0.717, 1.165) is 12.5 Å². The van der Waals surface area contributed by atoms with Gasteiger partial charge in [0.2, 0.25) is 5.82 Å². The van der Waals surface area contributed by atoms with Gasteiger partial charge in [-0.05, 0) is 23.6 Å². The van der Waals surface area contributed by atoms with Crippen molar-refractivity contribution in [1.82, 2.24) is 25.8 Å². The Kier molecular flexibility index (Phi) is 5.18. The van der Waals surface area contributed by atoms with Crippen molar-refractivity contribution in [3.63, 3.8) is 0 Å². The largest absolute Gasteiger partial charge is 0.461 e. The van der Waals surface area contributed by atoms with Gasteiger partial charge >= 0.3 is 0 Å². The van der Waals surface area contributed by atoms with Crippen LogP contribution in [0.5, 0.6) is 0 Å². The average Bonchev–Trinajstić information content (AvgIpc) is 3.34. The van der Waals surface area contributed by atoms with E-state index >= 15 is 0 Å². The molecule has 0 unspecified atom stereocenters. The summed E-state index contributed by atoms with van der Waals surface area (Å²) in [5.74, 6) is 2.62. The van der Waals surface area contributed by atoms with Crippen LogP contribution in [0.1, 0.15) is 24.5 Å². The van der Waals surface area contributed by atoms with Crippen LogP contribution >= 0.6 is 11.3 Å². The Morgan fingerprint density at radius 3 is 2.88 bits per heavy atom. The summed E-state index contributed by atoms with van der Waals surface area (Å²) < 4.78 is 5.29. The second-order valence-electron chi connectivity index (χ2n) is 6.22. The van der Waals surface area contributed by atoms with Gasteiger partial charge in [0, 0.05) is 23.9 Å². The first kappa shape index (κ1) is 17.2. The minimum absolute atomic E-state index is 0.0322. The third kappa shape index (κ3) is 4.27. The second-order valence-corrected chi connectivity index (χ2v) is 7.17. The van der Waals surface area contributed by atoms with Crippen molar-refractivity contribution in [3.05, 3.63) is 46.6 Å². The molecule has 3 aromatic heterocycles. The van der Waals surface area contributed by atoms with Gasteiger partial charge in [0.15, 0.2) is 11.7 Å². The molecule has 7 nitrogen and oxygen atoms in total. The van der Waals surface area contributed by atoms with E-state index in [0.29, 0.717) is 24.0 Å². The molecule has 3 N–H and O–H groups in total.